The lowest BCUT2D eigenvalue weighted by Crippen LogP contribution is -1.83. The van der Waals surface area contributed by atoms with Crippen molar-refractivity contribution in [2.45, 2.75) is 33.1 Å². The molecule has 0 amide bonds. The molecule has 1 heterocycles. The van der Waals surface area contributed by atoms with Gasteiger partial charge in [0.05, 0.1) is 12.5 Å². The summed E-state index contributed by atoms with van der Waals surface area (Å²) in [6.07, 6.45) is 13.4. The molecule has 2 heteroatoms. The Labute approximate surface area is 117 Å². The molecule has 17 heavy (non-hydrogen) atoms. The Morgan fingerprint density at radius 2 is 2.24 bits per heavy atom. The Morgan fingerprint density at radius 1 is 1.41 bits per heavy atom. The summed E-state index contributed by atoms with van der Waals surface area (Å²) >= 11 is 2.26. The van der Waals surface area contributed by atoms with Crippen molar-refractivity contribution in [1.82, 2.24) is 0 Å². The molecule has 0 saturated heterocycles. The van der Waals surface area contributed by atoms with Crippen LogP contribution in [0.25, 0.3) is 0 Å². The smallest absolute Gasteiger partial charge is 0.0934 e. The first kappa shape index (κ1) is 14.3. The van der Waals surface area contributed by atoms with Crippen molar-refractivity contribution < 1.29 is 4.42 Å². The van der Waals surface area contributed by atoms with Gasteiger partial charge in [-0.1, -0.05) is 46.4 Å². The highest BCUT2D eigenvalue weighted by Crippen LogP contribution is 2.10. The lowest BCUT2D eigenvalue weighted by atomic mass is 10.1. The van der Waals surface area contributed by atoms with Crippen LogP contribution in [0.3, 0.4) is 0 Å². The molecule has 0 aromatic carbocycles. The van der Waals surface area contributed by atoms with Gasteiger partial charge in [0.2, 0.25) is 0 Å². The van der Waals surface area contributed by atoms with Crippen LogP contribution in [-0.2, 0) is 6.42 Å². The normalized spacial score (nSPS) is 13.6. The van der Waals surface area contributed by atoms with Crippen LogP contribution in [0.15, 0.2) is 56.5 Å². The predicted molar refractivity (Wildman–Crippen MR) is 82.3 cm³/mol. The molecular formula is C15H19IO. The summed E-state index contributed by atoms with van der Waals surface area (Å²) in [5.41, 5.74) is 4.00. The number of rotatable bonds is 6. The van der Waals surface area contributed by atoms with Gasteiger partial charge in [-0.3, -0.25) is 0 Å². The highest BCUT2D eigenvalue weighted by atomic mass is 127. The van der Waals surface area contributed by atoms with E-state index in [1.165, 1.54) is 23.1 Å². The summed E-state index contributed by atoms with van der Waals surface area (Å²) in [5, 5.41) is 0. The van der Waals surface area contributed by atoms with Crippen molar-refractivity contribution >= 4 is 22.6 Å². The Hall–Kier alpha value is -0.770. The maximum atomic E-state index is 5.04. The number of allylic oxidation sites excluding steroid dienone is 5. The van der Waals surface area contributed by atoms with Crippen LogP contribution in [0.4, 0.5) is 0 Å². The molecule has 0 bridgehead atoms. The second-order valence-electron chi connectivity index (χ2n) is 4.21. The van der Waals surface area contributed by atoms with Crippen LogP contribution in [0.1, 0.15) is 32.3 Å². The fourth-order valence-corrected chi connectivity index (χ4v) is 1.70. The van der Waals surface area contributed by atoms with Gasteiger partial charge in [0, 0.05) is 0 Å². The van der Waals surface area contributed by atoms with Crippen molar-refractivity contribution in [3.05, 3.63) is 57.6 Å². The molecule has 0 radical (unpaired) electrons. The van der Waals surface area contributed by atoms with E-state index in [9.17, 15) is 0 Å². The molecule has 1 aromatic rings. The van der Waals surface area contributed by atoms with E-state index in [4.69, 9.17) is 4.42 Å². The monoisotopic (exact) mass is 342 g/mol. The van der Waals surface area contributed by atoms with E-state index in [0.717, 1.165) is 12.8 Å². The topological polar surface area (TPSA) is 13.1 Å². The molecule has 0 N–H and O–H groups in total. The maximum absolute atomic E-state index is 5.04. The summed E-state index contributed by atoms with van der Waals surface area (Å²) in [7, 11) is 0. The third-order valence-corrected chi connectivity index (χ3v) is 3.51. The van der Waals surface area contributed by atoms with E-state index in [1.54, 1.807) is 6.26 Å². The van der Waals surface area contributed by atoms with E-state index < -0.39 is 0 Å². The zero-order chi connectivity index (χ0) is 12.5. The highest BCUT2D eigenvalue weighted by Gasteiger charge is 1.95. The molecule has 0 saturated carbocycles. The molecule has 0 aliphatic rings. The molecule has 92 valence electrons. The van der Waals surface area contributed by atoms with Crippen molar-refractivity contribution in [3.63, 3.8) is 0 Å². The largest absolute Gasteiger partial charge is 0.472 e. The molecule has 0 atom stereocenters. The lowest BCUT2D eigenvalue weighted by molar-refractivity contribution is 0.563. The minimum absolute atomic E-state index is 1.10. The summed E-state index contributed by atoms with van der Waals surface area (Å²) in [5.74, 6) is 0. The van der Waals surface area contributed by atoms with Gasteiger partial charge in [-0.15, -0.1) is 0 Å². The Kier molecular flexibility index (Phi) is 7.01. The Morgan fingerprint density at radius 3 is 2.88 bits per heavy atom. The van der Waals surface area contributed by atoms with E-state index in [1.807, 2.05) is 12.3 Å². The van der Waals surface area contributed by atoms with Gasteiger partial charge in [0.25, 0.3) is 0 Å². The average molecular weight is 342 g/mol. The summed E-state index contributed by atoms with van der Waals surface area (Å²) in [6, 6.07) is 2.04. The van der Waals surface area contributed by atoms with E-state index in [0.29, 0.717) is 0 Å². The zero-order valence-corrected chi connectivity index (χ0v) is 12.6. The first-order valence-corrected chi connectivity index (χ1v) is 7.09. The molecular weight excluding hydrogens is 323 g/mol. The van der Waals surface area contributed by atoms with E-state index >= 15 is 0 Å². The van der Waals surface area contributed by atoms with Gasteiger partial charge in [-0.05, 0) is 54.4 Å². The minimum atomic E-state index is 1.10. The number of aryl methyl sites for hydroxylation is 1. The lowest BCUT2D eigenvalue weighted by Gasteiger charge is -1.98. The van der Waals surface area contributed by atoms with E-state index in [2.05, 4.69) is 58.7 Å². The van der Waals surface area contributed by atoms with Gasteiger partial charge in [-0.2, -0.15) is 0 Å². The van der Waals surface area contributed by atoms with Crippen LogP contribution in [0, 0.1) is 0 Å². The second kappa shape index (κ2) is 8.34. The third-order valence-electron chi connectivity index (χ3n) is 2.53. The van der Waals surface area contributed by atoms with Crippen LogP contribution in [0.5, 0.6) is 0 Å². The molecule has 0 aliphatic heterocycles. The van der Waals surface area contributed by atoms with Crippen LogP contribution in [-0.4, -0.2) is 0 Å². The van der Waals surface area contributed by atoms with Crippen LogP contribution in [0.2, 0.25) is 0 Å². The van der Waals surface area contributed by atoms with Gasteiger partial charge >= 0.3 is 0 Å². The summed E-state index contributed by atoms with van der Waals surface area (Å²) in [4.78, 5) is 0. The number of hydrogen-bond donors (Lipinski definition) is 0. The second-order valence-corrected chi connectivity index (χ2v) is 4.83. The first-order chi connectivity index (χ1) is 8.22. The standard InChI is InChI=1S/C15H19IO/c1-13(5-3-7-14(2)11-16)6-4-8-15-9-10-17-12-15/h3,5,7,9-12H,4,6,8H2,1-2H3/b7-3+,13-5+,14-11+. The fraction of sp³-hybridized carbons (Fsp3) is 0.333. The van der Waals surface area contributed by atoms with Gasteiger partial charge in [0.1, 0.15) is 0 Å². The molecule has 0 spiro atoms. The zero-order valence-electron chi connectivity index (χ0n) is 10.4. The quantitative estimate of drug-likeness (QED) is 0.495. The average Bonchev–Trinajstić information content (AvgIpc) is 2.82. The van der Waals surface area contributed by atoms with Crippen molar-refractivity contribution in [2.75, 3.05) is 0 Å². The fourth-order valence-electron chi connectivity index (χ4n) is 1.49. The highest BCUT2D eigenvalue weighted by molar-refractivity contribution is 14.1. The van der Waals surface area contributed by atoms with Crippen molar-refractivity contribution in [2.24, 2.45) is 0 Å². The minimum Gasteiger partial charge on any atom is -0.472 e. The summed E-state index contributed by atoms with van der Waals surface area (Å²) in [6.45, 7) is 4.29. The third kappa shape index (κ3) is 6.51. The van der Waals surface area contributed by atoms with Gasteiger partial charge in [0.15, 0.2) is 0 Å². The van der Waals surface area contributed by atoms with Crippen molar-refractivity contribution in [1.29, 1.82) is 0 Å². The van der Waals surface area contributed by atoms with Crippen LogP contribution >= 0.6 is 22.6 Å². The molecule has 1 rings (SSSR count). The SMILES string of the molecule is CC(/C=C/C=C(\C)CCCc1ccoc1)=C\I. The molecule has 0 aliphatic carbocycles. The number of halogens is 1. The number of furan rings is 1. The first-order valence-electron chi connectivity index (χ1n) is 5.84. The van der Waals surface area contributed by atoms with Crippen molar-refractivity contribution in [3.8, 4) is 0 Å². The number of hydrogen-bond acceptors (Lipinski definition) is 1. The predicted octanol–water partition coefficient (Wildman–Crippen LogP) is 5.44. The molecule has 1 aromatic heterocycles. The van der Waals surface area contributed by atoms with Crippen LogP contribution < -0.4 is 0 Å². The molecule has 0 fully saturated rings. The summed E-state index contributed by atoms with van der Waals surface area (Å²) < 4.78 is 7.12. The Balaban J connectivity index is 2.27. The molecule has 0 unspecified atom stereocenters. The molecule has 1 nitrogen and oxygen atoms in total. The van der Waals surface area contributed by atoms with Gasteiger partial charge < -0.3 is 4.42 Å². The van der Waals surface area contributed by atoms with E-state index in [-0.39, 0.29) is 0 Å². The van der Waals surface area contributed by atoms with Gasteiger partial charge in [-0.25, -0.2) is 0 Å². The Bertz CT molecular complexity index is 397. The maximum Gasteiger partial charge on any atom is 0.0934 e.